The molecule has 0 saturated carbocycles. The molecule has 0 aliphatic carbocycles. The number of halogens is 3. The van der Waals surface area contributed by atoms with E-state index in [1.807, 2.05) is 11.0 Å². The molecule has 1 aromatic rings. The summed E-state index contributed by atoms with van der Waals surface area (Å²) in [6, 6.07) is 5.33. The molecule has 154 valence electrons. The van der Waals surface area contributed by atoms with E-state index >= 15 is 0 Å². The Morgan fingerprint density at radius 2 is 1.97 bits per heavy atom. The molecule has 0 atom stereocenters. The maximum absolute atomic E-state index is 13.0. The van der Waals surface area contributed by atoms with Crippen LogP contribution >= 0.6 is 0 Å². The average Bonchev–Trinajstić information content (AvgIpc) is 2.71. The van der Waals surface area contributed by atoms with E-state index in [9.17, 15) is 18.0 Å². The van der Waals surface area contributed by atoms with E-state index < -0.39 is 11.9 Å². The number of alkyl halides is 3. The van der Waals surface area contributed by atoms with Crippen molar-refractivity contribution in [2.45, 2.75) is 13.1 Å². The van der Waals surface area contributed by atoms with Crippen LogP contribution in [0, 0.1) is 0 Å². The summed E-state index contributed by atoms with van der Waals surface area (Å²) in [4.78, 5) is 28.5. The summed E-state index contributed by atoms with van der Waals surface area (Å²) >= 11 is 0. The number of amides is 1. The Balaban J connectivity index is 1.85. The Bertz CT molecular complexity index is 869. The number of aliphatic imine (C=N–C) groups is 2. The minimum absolute atomic E-state index is 0.0349. The van der Waals surface area contributed by atoms with Gasteiger partial charge in [0.05, 0.1) is 24.1 Å². The van der Waals surface area contributed by atoms with Gasteiger partial charge in [-0.2, -0.15) is 13.2 Å². The molecule has 0 N–H and O–H groups in total. The largest absolute Gasteiger partial charge is 0.434 e. The van der Waals surface area contributed by atoms with Crippen molar-refractivity contribution in [3.05, 3.63) is 42.0 Å². The van der Waals surface area contributed by atoms with E-state index in [4.69, 9.17) is 0 Å². The van der Waals surface area contributed by atoms with Crippen LogP contribution in [0.3, 0.4) is 0 Å². The number of carbonyl (C=O) groups is 1. The lowest BCUT2D eigenvalue weighted by Gasteiger charge is -2.35. The molecule has 3 heterocycles. The highest BCUT2D eigenvalue weighted by atomic mass is 19.4. The van der Waals surface area contributed by atoms with Crippen LogP contribution in [0.25, 0.3) is 5.70 Å². The highest BCUT2D eigenvalue weighted by Gasteiger charge is 2.35. The number of carbonyl (C=O) groups excluding carboxylic acids is 1. The number of anilines is 1. The molecule has 3 rings (SSSR count). The SMILES string of the molecule is C=N/C=C(/c1cccc(N2CCN(C(C)=O)CC2)n1)N1C=C(C(F)(F)F)N=CC1. The lowest BCUT2D eigenvalue weighted by Crippen LogP contribution is -2.48. The second-order valence-corrected chi connectivity index (χ2v) is 6.55. The summed E-state index contributed by atoms with van der Waals surface area (Å²) < 4.78 is 39.1. The summed E-state index contributed by atoms with van der Waals surface area (Å²) in [5.41, 5.74) is -0.135. The first-order valence-electron chi connectivity index (χ1n) is 9.01. The normalized spacial score (nSPS) is 18.0. The van der Waals surface area contributed by atoms with Crippen molar-refractivity contribution < 1.29 is 18.0 Å². The first-order chi connectivity index (χ1) is 13.8. The predicted octanol–water partition coefficient (Wildman–Crippen LogP) is 2.54. The number of rotatable bonds is 4. The zero-order chi connectivity index (χ0) is 21.0. The number of aromatic nitrogens is 1. The number of piperazine rings is 1. The Kier molecular flexibility index (Phi) is 6.00. The molecular weight excluding hydrogens is 385 g/mol. The zero-order valence-electron chi connectivity index (χ0n) is 15.9. The number of pyridine rings is 1. The summed E-state index contributed by atoms with van der Waals surface area (Å²) in [7, 11) is 0. The van der Waals surface area contributed by atoms with Gasteiger partial charge in [0.1, 0.15) is 5.82 Å². The molecule has 1 saturated heterocycles. The third-order valence-corrected chi connectivity index (χ3v) is 4.65. The van der Waals surface area contributed by atoms with Crippen molar-refractivity contribution in [3.8, 4) is 0 Å². The maximum atomic E-state index is 13.0. The summed E-state index contributed by atoms with van der Waals surface area (Å²) in [6.45, 7) is 7.57. The highest BCUT2D eigenvalue weighted by Crippen LogP contribution is 2.31. The lowest BCUT2D eigenvalue weighted by atomic mass is 10.2. The van der Waals surface area contributed by atoms with Crippen molar-refractivity contribution in [2.75, 3.05) is 37.6 Å². The number of hydrogen-bond acceptors (Lipinski definition) is 6. The van der Waals surface area contributed by atoms with E-state index in [0.717, 1.165) is 6.20 Å². The van der Waals surface area contributed by atoms with Crippen molar-refractivity contribution in [3.63, 3.8) is 0 Å². The molecule has 0 spiro atoms. The molecule has 0 radical (unpaired) electrons. The fraction of sp³-hybridized carbons (Fsp3) is 0.368. The molecule has 0 bridgehead atoms. The van der Waals surface area contributed by atoms with Crippen molar-refractivity contribution >= 4 is 30.4 Å². The topological polar surface area (TPSA) is 64.4 Å². The number of allylic oxidation sites excluding steroid dienone is 1. The average molecular weight is 406 g/mol. The van der Waals surface area contributed by atoms with Gasteiger partial charge in [-0.25, -0.2) is 4.98 Å². The van der Waals surface area contributed by atoms with Gasteiger partial charge < -0.3 is 14.7 Å². The van der Waals surface area contributed by atoms with E-state index in [2.05, 4.69) is 21.7 Å². The van der Waals surface area contributed by atoms with Gasteiger partial charge in [-0.1, -0.05) is 6.07 Å². The fourth-order valence-corrected chi connectivity index (χ4v) is 3.14. The van der Waals surface area contributed by atoms with Gasteiger partial charge in [0.25, 0.3) is 0 Å². The van der Waals surface area contributed by atoms with Crippen LogP contribution in [0.4, 0.5) is 19.0 Å². The zero-order valence-corrected chi connectivity index (χ0v) is 15.9. The van der Waals surface area contributed by atoms with Crippen LogP contribution < -0.4 is 4.90 Å². The molecule has 2 aliphatic rings. The smallest absolute Gasteiger partial charge is 0.353 e. The van der Waals surface area contributed by atoms with Gasteiger partial charge in [0.15, 0.2) is 5.70 Å². The van der Waals surface area contributed by atoms with Gasteiger partial charge in [-0.3, -0.25) is 14.8 Å². The van der Waals surface area contributed by atoms with Gasteiger partial charge in [-0.05, 0) is 18.9 Å². The highest BCUT2D eigenvalue weighted by molar-refractivity contribution is 5.74. The fourth-order valence-electron chi connectivity index (χ4n) is 3.14. The summed E-state index contributed by atoms with van der Waals surface area (Å²) in [6.07, 6.45) is -1.03. The maximum Gasteiger partial charge on any atom is 0.434 e. The van der Waals surface area contributed by atoms with Crippen molar-refractivity contribution in [2.24, 2.45) is 9.98 Å². The van der Waals surface area contributed by atoms with E-state index in [1.165, 1.54) is 17.3 Å². The van der Waals surface area contributed by atoms with Crippen LogP contribution in [-0.4, -0.2) is 72.5 Å². The molecule has 1 amide bonds. The molecular formula is C19H21F3N6O. The predicted molar refractivity (Wildman–Crippen MR) is 106 cm³/mol. The standard InChI is InChI=1S/C19H21F3N6O/c1-14(29)26-8-10-27(11-9-26)18-5-3-4-15(25-18)16(12-23-2)28-7-6-24-17(13-28)19(20,21)22/h3-6,12-13H,2,7-11H2,1H3/b16-12-. The molecule has 0 aromatic carbocycles. The van der Waals surface area contributed by atoms with Gasteiger partial charge in [-0.15, -0.1) is 0 Å². The lowest BCUT2D eigenvalue weighted by molar-refractivity contribution is -0.129. The minimum atomic E-state index is -4.55. The minimum Gasteiger partial charge on any atom is -0.353 e. The Morgan fingerprint density at radius 1 is 1.24 bits per heavy atom. The number of nitrogens with zero attached hydrogens (tertiary/aromatic N) is 6. The molecule has 29 heavy (non-hydrogen) atoms. The van der Waals surface area contributed by atoms with Crippen LogP contribution in [0.5, 0.6) is 0 Å². The third kappa shape index (κ3) is 4.82. The summed E-state index contributed by atoms with van der Waals surface area (Å²) in [5.74, 6) is 0.721. The van der Waals surface area contributed by atoms with Crippen LogP contribution in [0.2, 0.25) is 0 Å². The quantitative estimate of drug-likeness (QED) is 0.721. The third-order valence-electron chi connectivity index (χ3n) is 4.65. The second kappa shape index (κ2) is 8.46. The van der Waals surface area contributed by atoms with Gasteiger partial charge >= 0.3 is 6.18 Å². The second-order valence-electron chi connectivity index (χ2n) is 6.55. The van der Waals surface area contributed by atoms with Crippen LogP contribution in [0.15, 0.2) is 46.3 Å². The van der Waals surface area contributed by atoms with E-state index in [-0.39, 0.29) is 12.5 Å². The van der Waals surface area contributed by atoms with Crippen molar-refractivity contribution in [1.82, 2.24) is 14.8 Å². The van der Waals surface area contributed by atoms with E-state index in [1.54, 1.807) is 24.0 Å². The molecule has 7 nitrogen and oxygen atoms in total. The number of hydrogen-bond donors (Lipinski definition) is 0. The Hall–Kier alpha value is -3.17. The van der Waals surface area contributed by atoms with Crippen molar-refractivity contribution in [1.29, 1.82) is 0 Å². The van der Waals surface area contributed by atoms with Crippen LogP contribution in [-0.2, 0) is 4.79 Å². The molecule has 1 fully saturated rings. The summed E-state index contributed by atoms with van der Waals surface area (Å²) in [5, 5.41) is 0. The molecule has 10 heteroatoms. The van der Waals surface area contributed by atoms with E-state index in [0.29, 0.717) is 43.4 Å². The first kappa shape index (κ1) is 20.6. The van der Waals surface area contributed by atoms with Gasteiger partial charge in [0, 0.05) is 45.5 Å². The monoisotopic (exact) mass is 406 g/mol. The molecule has 2 aliphatic heterocycles. The molecule has 1 aromatic heterocycles. The Morgan fingerprint density at radius 3 is 2.59 bits per heavy atom. The van der Waals surface area contributed by atoms with Crippen LogP contribution in [0.1, 0.15) is 12.6 Å². The Labute approximate surface area is 166 Å². The van der Waals surface area contributed by atoms with Gasteiger partial charge in [0.2, 0.25) is 5.91 Å². The molecule has 0 unspecified atom stereocenters. The first-order valence-corrected chi connectivity index (χ1v) is 9.01.